The highest BCUT2D eigenvalue weighted by atomic mass is 32.1. The normalized spacial score (nSPS) is 10.6. The van der Waals surface area contributed by atoms with E-state index in [2.05, 4.69) is 6.07 Å². The van der Waals surface area contributed by atoms with E-state index in [1.807, 2.05) is 41.8 Å². The second-order valence-corrected chi connectivity index (χ2v) is 5.83. The van der Waals surface area contributed by atoms with Gasteiger partial charge in [-0.1, -0.05) is 36.4 Å². The fraction of sp³-hybridized carbons (Fsp3) is 0.167. The summed E-state index contributed by atoms with van der Waals surface area (Å²) in [5, 5.41) is 2.03. The van der Waals surface area contributed by atoms with Crippen LogP contribution in [0.5, 0.6) is 0 Å². The number of thiophene rings is 1. The highest BCUT2D eigenvalue weighted by molar-refractivity contribution is 7.09. The molecule has 3 aromatic rings. The number of rotatable bonds is 5. The Morgan fingerprint density at radius 3 is 2.68 bits per heavy atom. The van der Waals surface area contributed by atoms with Crippen molar-refractivity contribution in [3.63, 3.8) is 0 Å². The van der Waals surface area contributed by atoms with Crippen LogP contribution in [0.2, 0.25) is 0 Å². The molecule has 0 N–H and O–H groups in total. The van der Waals surface area contributed by atoms with E-state index < -0.39 is 0 Å². The zero-order valence-corrected chi connectivity index (χ0v) is 13.1. The lowest BCUT2D eigenvalue weighted by atomic mass is 10.1. The molecule has 3 rings (SSSR count). The molecule has 0 radical (unpaired) electrons. The molecular formula is C18H16O3S. The molecule has 3 nitrogen and oxygen atoms in total. The van der Waals surface area contributed by atoms with E-state index in [0.29, 0.717) is 24.4 Å². The molecule has 0 aliphatic rings. The number of carbonyl (C=O) groups is 1. The smallest absolute Gasteiger partial charge is 0.342 e. The van der Waals surface area contributed by atoms with E-state index in [0.717, 1.165) is 11.3 Å². The first-order chi connectivity index (χ1) is 10.8. The second-order valence-electron chi connectivity index (χ2n) is 4.80. The van der Waals surface area contributed by atoms with Crippen LogP contribution in [-0.4, -0.2) is 12.6 Å². The summed E-state index contributed by atoms with van der Waals surface area (Å²) < 4.78 is 11.1. The lowest BCUT2D eigenvalue weighted by molar-refractivity contribution is 0.0527. The summed E-state index contributed by atoms with van der Waals surface area (Å²) in [6.07, 6.45) is 0.677. The van der Waals surface area contributed by atoms with E-state index in [1.165, 1.54) is 4.88 Å². The van der Waals surface area contributed by atoms with Crippen LogP contribution < -0.4 is 0 Å². The van der Waals surface area contributed by atoms with Crippen molar-refractivity contribution in [3.8, 4) is 11.3 Å². The molecule has 1 aromatic carbocycles. The van der Waals surface area contributed by atoms with Gasteiger partial charge in [0.15, 0.2) is 0 Å². The van der Waals surface area contributed by atoms with Gasteiger partial charge in [0.25, 0.3) is 0 Å². The van der Waals surface area contributed by atoms with Crippen molar-refractivity contribution in [1.82, 2.24) is 0 Å². The number of furan rings is 1. The van der Waals surface area contributed by atoms with Crippen LogP contribution in [0.15, 0.2) is 58.3 Å². The SMILES string of the molecule is CCOC(=O)c1cc(Cc2cccs2)oc1-c1ccccc1. The molecule has 0 aliphatic carbocycles. The van der Waals surface area contributed by atoms with Crippen molar-refractivity contribution in [2.45, 2.75) is 13.3 Å². The summed E-state index contributed by atoms with van der Waals surface area (Å²) >= 11 is 1.67. The summed E-state index contributed by atoms with van der Waals surface area (Å²) in [6.45, 7) is 2.14. The Hall–Kier alpha value is -2.33. The largest absolute Gasteiger partial charge is 0.462 e. The standard InChI is InChI=1S/C18H16O3S/c1-2-20-18(19)16-12-14(11-15-9-6-10-22-15)21-17(16)13-7-4-3-5-8-13/h3-10,12H,2,11H2,1H3. The van der Waals surface area contributed by atoms with E-state index in [-0.39, 0.29) is 5.97 Å². The van der Waals surface area contributed by atoms with Crippen molar-refractivity contribution < 1.29 is 13.9 Å². The van der Waals surface area contributed by atoms with Gasteiger partial charge in [-0.05, 0) is 24.4 Å². The van der Waals surface area contributed by atoms with Gasteiger partial charge in [-0.15, -0.1) is 11.3 Å². The van der Waals surface area contributed by atoms with Gasteiger partial charge < -0.3 is 9.15 Å². The van der Waals surface area contributed by atoms with Gasteiger partial charge in [-0.25, -0.2) is 4.79 Å². The van der Waals surface area contributed by atoms with Gasteiger partial charge in [0.1, 0.15) is 17.1 Å². The van der Waals surface area contributed by atoms with Gasteiger partial charge in [-0.2, -0.15) is 0 Å². The van der Waals surface area contributed by atoms with Crippen LogP contribution >= 0.6 is 11.3 Å². The van der Waals surface area contributed by atoms with Crippen molar-refractivity contribution in [2.24, 2.45) is 0 Å². The maximum absolute atomic E-state index is 12.2. The Labute approximate surface area is 133 Å². The number of carbonyl (C=O) groups excluding carboxylic acids is 1. The molecule has 0 bridgehead atoms. The van der Waals surface area contributed by atoms with Gasteiger partial charge >= 0.3 is 5.97 Å². The Morgan fingerprint density at radius 1 is 1.18 bits per heavy atom. The highest BCUT2D eigenvalue weighted by Crippen LogP contribution is 2.29. The van der Waals surface area contributed by atoms with Crippen LogP contribution in [0, 0.1) is 0 Å². The summed E-state index contributed by atoms with van der Waals surface area (Å²) in [7, 11) is 0. The molecular weight excluding hydrogens is 296 g/mol. The van der Waals surface area contributed by atoms with Gasteiger partial charge in [0.05, 0.1) is 6.61 Å². The maximum Gasteiger partial charge on any atom is 0.342 e. The minimum absolute atomic E-state index is 0.345. The first kappa shape index (κ1) is 14.6. The zero-order valence-electron chi connectivity index (χ0n) is 12.2. The molecule has 0 fully saturated rings. The molecule has 0 saturated heterocycles. The summed E-state index contributed by atoms with van der Waals surface area (Å²) in [4.78, 5) is 13.4. The fourth-order valence-electron chi connectivity index (χ4n) is 2.28. The first-order valence-corrected chi connectivity index (χ1v) is 8.03. The Morgan fingerprint density at radius 2 is 2.00 bits per heavy atom. The first-order valence-electron chi connectivity index (χ1n) is 7.15. The predicted octanol–water partition coefficient (Wildman–Crippen LogP) is 4.78. The lowest BCUT2D eigenvalue weighted by Gasteiger charge is -2.02. The van der Waals surface area contributed by atoms with Crippen molar-refractivity contribution in [2.75, 3.05) is 6.61 Å². The predicted molar refractivity (Wildman–Crippen MR) is 87.2 cm³/mol. The summed E-state index contributed by atoms with van der Waals surface area (Å²) in [5.41, 5.74) is 1.36. The van der Waals surface area contributed by atoms with Crippen LogP contribution in [-0.2, 0) is 11.2 Å². The summed E-state index contributed by atoms with van der Waals surface area (Å²) in [5.74, 6) is 0.998. The fourth-order valence-corrected chi connectivity index (χ4v) is 2.99. The van der Waals surface area contributed by atoms with E-state index in [4.69, 9.17) is 9.15 Å². The highest BCUT2D eigenvalue weighted by Gasteiger charge is 2.20. The Kier molecular flexibility index (Phi) is 4.39. The minimum atomic E-state index is -0.345. The third-order valence-corrected chi connectivity index (χ3v) is 4.12. The third-order valence-electron chi connectivity index (χ3n) is 3.24. The lowest BCUT2D eigenvalue weighted by Crippen LogP contribution is -2.04. The van der Waals surface area contributed by atoms with E-state index in [9.17, 15) is 4.79 Å². The second kappa shape index (κ2) is 6.62. The van der Waals surface area contributed by atoms with Gasteiger partial charge in [0.2, 0.25) is 0 Å². The molecule has 4 heteroatoms. The number of benzene rings is 1. The van der Waals surface area contributed by atoms with Crippen LogP contribution in [0.1, 0.15) is 27.9 Å². The number of esters is 1. The quantitative estimate of drug-likeness (QED) is 0.637. The van der Waals surface area contributed by atoms with Crippen LogP contribution in [0.25, 0.3) is 11.3 Å². The van der Waals surface area contributed by atoms with E-state index in [1.54, 1.807) is 24.3 Å². The third kappa shape index (κ3) is 3.12. The average Bonchev–Trinajstić information content (AvgIpc) is 3.18. The van der Waals surface area contributed by atoms with E-state index >= 15 is 0 Å². The maximum atomic E-state index is 12.2. The Balaban J connectivity index is 1.98. The monoisotopic (exact) mass is 312 g/mol. The van der Waals surface area contributed by atoms with Crippen molar-refractivity contribution in [3.05, 3.63) is 70.1 Å². The van der Waals surface area contributed by atoms with Crippen LogP contribution in [0.3, 0.4) is 0 Å². The minimum Gasteiger partial charge on any atom is -0.462 e. The van der Waals surface area contributed by atoms with Crippen molar-refractivity contribution in [1.29, 1.82) is 0 Å². The molecule has 2 aromatic heterocycles. The topological polar surface area (TPSA) is 39.4 Å². The number of hydrogen-bond acceptors (Lipinski definition) is 4. The molecule has 22 heavy (non-hydrogen) atoms. The zero-order chi connectivity index (χ0) is 15.4. The molecule has 0 aliphatic heterocycles. The molecule has 0 spiro atoms. The molecule has 112 valence electrons. The van der Waals surface area contributed by atoms with Gasteiger partial charge in [0, 0.05) is 16.9 Å². The average molecular weight is 312 g/mol. The molecule has 0 saturated carbocycles. The van der Waals surface area contributed by atoms with Crippen molar-refractivity contribution >= 4 is 17.3 Å². The van der Waals surface area contributed by atoms with Crippen LogP contribution in [0.4, 0.5) is 0 Å². The molecule has 0 amide bonds. The summed E-state index contributed by atoms with van der Waals surface area (Å²) in [6, 6.07) is 15.5. The van der Waals surface area contributed by atoms with Gasteiger partial charge in [-0.3, -0.25) is 0 Å². The number of hydrogen-bond donors (Lipinski definition) is 0. The Bertz CT molecular complexity index is 742. The molecule has 2 heterocycles. The molecule has 0 unspecified atom stereocenters. The number of ether oxygens (including phenoxy) is 1. The molecule has 0 atom stereocenters.